The van der Waals surface area contributed by atoms with Crippen molar-refractivity contribution < 1.29 is 13.2 Å². The van der Waals surface area contributed by atoms with E-state index in [2.05, 4.69) is 15.7 Å². The predicted octanol–water partition coefficient (Wildman–Crippen LogP) is 0.171. The third-order valence-electron chi connectivity index (χ3n) is 4.54. The van der Waals surface area contributed by atoms with E-state index in [-0.39, 0.29) is 30.6 Å². The van der Waals surface area contributed by atoms with Gasteiger partial charge in [0.25, 0.3) is 0 Å². The summed E-state index contributed by atoms with van der Waals surface area (Å²) < 4.78 is 27.5. The van der Waals surface area contributed by atoms with Crippen molar-refractivity contribution in [3.63, 3.8) is 0 Å². The van der Waals surface area contributed by atoms with Crippen LogP contribution in [0.2, 0.25) is 0 Å². The first-order valence-electron chi connectivity index (χ1n) is 8.43. The highest BCUT2D eigenvalue weighted by molar-refractivity contribution is 7.89. The largest absolute Gasteiger partial charge is 0.353 e. The number of nitrogens with zero attached hydrogens (tertiary/aromatic N) is 3. The fraction of sp³-hybridized carbons (Fsp3) is 0.733. The van der Waals surface area contributed by atoms with Crippen LogP contribution in [0.25, 0.3) is 0 Å². The average Bonchev–Trinajstić information content (AvgIpc) is 3.11. The first-order valence-corrected chi connectivity index (χ1v) is 10.0. The van der Waals surface area contributed by atoms with Gasteiger partial charge in [0, 0.05) is 32.0 Å². The van der Waals surface area contributed by atoms with E-state index in [1.165, 1.54) is 4.31 Å². The lowest BCUT2D eigenvalue weighted by Crippen LogP contribution is -2.55. The van der Waals surface area contributed by atoms with Crippen LogP contribution in [0.3, 0.4) is 0 Å². The van der Waals surface area contributed by atoms with Crippen molar-refractivity contribution >= 4 is 28.3 Å². The number of hydrogen-bond donors (Lipinski definition) is 2. The number of rotatable bonds is 8. The zero-order valence-corrected chi connectivity index (χ0v) is 16.4. The Morgan fingerprint density at radius 2 is 1.96 bits per heavy atom. The van der Waals surface area contributed by atoms with E-state index in [1.54, 1.807) is 37.0 Å². The van der Waals surface area contributed by atoms with Crippen LogP contribution in [0, 0.1) is 0 Å². The smallest absolute Gasteiger partial charge is 0.248 e. The Labute approximate surface area is 155 Å². The molecule has 2 rings (SSSR count). The third-order valence-corrected chi connectivity index (χ3v) is 6.56. The van der Waals surface area contributed by atoms with E-state index < -0.39 is 15.6 Å². The number of aromatic nitrogens is 2. The molecule has 1 amide bonds. The van der Waals surface area contributed by atoms with Crippen LogP contribution >= 0.6 is 12.4 Å². The zero-order chi connectivity index (χ0) is 17.6. The molecule has 1 aliphatic heterocycles. The molecular weight excluding hydrogens is 366 g/mol. The van der Waals surface area contributed by atoms with Gasteiger partial charge in [-0.25, -0.2) is 12.7 Å². The minimum Gasteiger partial charge on any atom is -0.353 e. The fourth-order valence-corrected chi connectivity index (χ4v) is 4.53. The normalized spacial score (nSPS) is 17.1. The van der Waals surface area contributed by atoms with Crippen LogP contribution < -0.4 is 10.6 Å². The molecule has 1 fully saturated rings. The molecule has 1 aliphatic rings. The molecule has 0 radical (unpaired) electrons. The quantitative estimate of drug-likeness (QED) is 0.656. The molecule has 25 heavy (non-hydrogen) atoms. The maximum atomic E-state index is 12.8. The minimum atomic E-state index is -3.34. The number of sulfonamides is 1. The third kappa shape index (κ3) is 4.93. The molecule has 0 aliphatic carbocycles. The Morgan fingerprint density at radius 3 is 2.48 bits per heavy atom. The number of carbonyl (C=O) groups is 1. The number of amides is 1. The van der Waals surface area contributed by atoms with E-state index in [4.69, 9.17) is 0 Å². The van der Waals surface area contributed by atoms with Crippen molar-refractivity contribution in [2.24, 2.45) is 0 Å². The Balaban J connectivity index is 0.00000312. The summed E-state index contributed by atoms with van der Waals surface area (Å²) in [5, 5.41) is 10.3. The summed E-state index contributed by atoms with van der Waals surface area (Å²) in [6.45, 7) is 6.05. The Morgan fingerprint density at radius 1 is 1.32 bits per heavy atom. The SMILES string of the molecule is CCN(CC)S(=O)(=O)CCNC(=O)C1(n2cccn2)CCNCC1.Cl. The lowest BCUT2D eigenvalue weighted by molar-refractivity contribution is -0.131. The molecule has 1 aromatic heterocycles. The van der Waals surface area contributed by atoms with Crippen LogP contribution in [0.4, 0.5) is 0 Å². The second-order valence-corrected chi connectivity index (χ2v) is 7.98. The standard InChI is InChI=1S/C15H27N5O3S.ClH/c1-3-19(4-2)24(22,23)13-11-17-14(21)15(6-9-16-10-7-15)20-12-5-8-18-20;/h5,8,12,16H,3-4,6-7,9-11,13H2,1-2H3,(H,17,21);1H. The second kappa shape index (κ2) is 9.51. The predicted molar refractivity (Wildman–Crippen MR) is 99.3 cm³/mol. The summed E-state index contributed by atoms with van der Waals surface area (Å²) in [6, 6.07) is 1.79. The van der Waals surface area contributed by atoms with E-state index in [1.807, 2.05) is 0 Å². The van der Waals surface area contributed by atoms with Crippen LogP contribution in [-0.4, -0.2) is 66.9 Å². The highest BCUT2D eigenvalue weighted by Gasteiger charge is 2.41. The van der Waals surface area contributed by atoms with E-state index >= 15 is 0 Å². The second-order valence-electron chi connectivity index (χ2n) is 5.89. The Kier molecular flexibility index (Phi) is 8.33. The van der Waals surface area contributed by atoms with Crippen molar-refractivity contribution in [1.29, 1.82) is 0 Å². The molecule has 1 saturated heterocycles. The molecule has 0 bridgehead atoms. The zero-order valence-electron chi connectivity index (χ0n) is 14.8. The van der Waals surface area contributed by atoms with E-state index in [9.17, 15) is 13.2 Å². The maximum absolute atomic E-state index is 12.8. The summed E-state index contributed by atoms with van der Waals surface area (Å²) in [4.78, 5) is 12.8. The molecule has 1 aromatic rings. The van der Waals surface area contributed by atoms with E-state index in [0.717, 1.165) is 13.1 Å². The minimum absolute atomic E-state index is 0. The summed E-state index contributed by atoms with van der Waals surface area (Å²) in [7, 11) is -3.34. The molecule has 144 valence electrons. The van der Waals surface area contributed by atoms with Gasteiger partial charge in [-0.15, -0.1) is 12.4 Å². The van der Waals surface area contributed by atoms with Crippen molar-refractivity contribution in [3.8, 4) is 0 Å². The van der Waals surface area contributed by atoms with Gasteiger partial charge in [0.1, 0.15) is 5.54 Å². The van der Waals surface area contributed by atoms with Crippen molar-refractivity contribution in [2.45, 2.75) is 32.2 Å². The first-order chi connectivity index (χ1) is 11.5. The highest BCUT2D eigenvalue weighted by atomic mass is 35.5. The molecule has 8 nitrogen and oxygen atoms in total. The van der Waals surface area contributed by atoms with Crippen molar-refractivity contribution in [2.75, 3.05) is 38.5 Å². The molecule has 2 N–H and O–H groups in total. The van der Waals surface area contributed by atoms with Crippen molar-refractivity contribution in [1.82, 2.24) is 24.7 Å². The summed E-state index contributed by atoms with van der Waals surface area (Å²) in [6.07, 6.45) is 4.70. The lowest BCUT2D eigenvalue weighted by Gasteiger charge is -2.36. The summed E-state index contributed by atoms with van der Waals surface area (Å²) in [5.41, 5.74) is -0.742. The van der Waals surface area contributed by atoms with Gasteiger partial charge in [-0.1, -0.05) is 13.8 Å². The van der Waals surface area contributed by atoms with Crippen LogP contribution in [0.5, 0.6) is 0 Å². The molecule has 2 heterocycles. The van der Waals surface area contributed by atoms with Crippen LogP contribution in [0.15, 0.2) is 18.5 Å². The fourth-order valence-electron chi connectivity index (χ4n) is 3.13. The van der Waals surface area contributed by atoms with Gasteiger partial charge < -0.3 is 10.6 Å². The Hall–Kier alpha value is -1.16. The van der Waals surface area contributed by atoms with Gasteiger partial charge in [0.05, 0.1) is 5.75 Å². The number of halogens is 1. The lowest BCUT2D eigenvalue weighted by atomic mass is 9.87. The van der Waals surface area contributed by atoms with Gasteiger partial charge in [-0.2, -0.15) is 5.10 Å². The number of piperidine rings is 1. The Bertz CT molecular complexity index is 626. The molecule has 10 heteroatoms. The van der Waals surface area contributed by atoms with Gasteiger partial charge in [-0.05, 0) is 32.0 Å². The summed E-state index contributed by atoms with van der Waals surface area (Å²) >= 11 is 0. The average molecular weight is 394 g/mol. The molecule has 0 atom stereocenters. The van der Waals surface area contributed by atoms with Crippen LogP contribution in [-0.2, 0) is 20.4 Å². The molecule has 0 spiro atoms. The molecular formula is C15H28ClN5O3S. The maximum Gasteiger partial charge on any atom is 0.248 e. The number of nitrogens with one attached hydrogen (secondary N) is 2. The van der Waals surface area contributed by atoms with Crippen LogP contribution in [0.1, 0.15) is 26.7 Å². The van der Waals surface area contributed by atoms with Crippen molar-refractivity contribution in [3.05, 3.63) is 18.5 Å². The summed E-state index contributed by atoms with van der Waals surface area (Å²) in [5.74, 6) is -0.254. The molecule has 0 unspecified atom stereocenters. The van der Waals surface area contributed by atoms with Gasteiger partial charge in [0.15, 0.2) is 0 Å². The van der Waals surface area contributed by atoms with E-state index in [0.29, 0.717) is 25.9 Å². The highest BCUT2D eigenvalue weighted by Crippen LogP contribution is 2.27. The van der Waals surface area contributed by atoms with Gasteiger partial charge >= 0.3 is 0 Å². The van der Waals surface area contributed by atoms with Gasteiger partial charge in [-0.3, -0.25) is 9.48 Å². The van der Waals surface area contributed by atoms with Gasteiger partial charge in [0.2, 0.25) is 15.9 Å². The topological polar surface area (TPSA) is 96.3 Å². The first kappa shape index (κ1) is 21.9. The number of carbonyl (C=O) groups excluding carboxylic acids is 1. The molecule has 0 aromatic carbocycles. The monoisotopic (exact) mass is 393 g/mol. The molecule has 0 saturated carbocycles. The number of hydrogen-bond acceptors (Lipinski definition) is 5.